The van der Waals surface area contributed by atoms with Gasteiger partial charge in [-0.15, -0.1) is 0 Å². The topological polar surface area (TPSA) is 21.3 Å². The van der Waals surface area contributed by atoms with Crippen molar-refractivity contribution >= 4 is 0 Å². The number of hydrogen-bond acceptors (Lipinski definition) is 2. The molecule has 2 unspecified atom stereocenters. The molecule has 0 saturated heterocycles. The molecule has 98 valence electrons. The lowest BCUT2D eigenvalue weighted by atomic mass is 9.85. The van der Waals surface area contributed by atoms with E-state index in [2.05, 4.69) is 43.4 Å². The summed E-state index contributed by atoms with van der Waals surface area (Å²) in [4.78, 5) is 0. The lowest BCUT2D eigenvalue weighted by Gasteiger charge is -2.40. The minimum atomic E-state index is 0.0414. The van der Waals surface area contributed by atoms with Crippen molar-refractivity contribution in [3.8, 4) is 5.75 Å². The molecule has 3 rings (SSSR count). The first-order chi connectivity index (χ1) is 8.73. The average Bonchev–Trinajstić information content (AvgIpc) is 3.20. The van der Waals surface area contributed by atoms with Crippen molar-refractivity contribution in [3.05, 3.63) is 29.8 Å². The molecule has 0 bridgehead atoms. The second kappa shape index (κ2) is 4.58. The molecule has 1 aliphatic carbocycles. The summed E-state index contributed by atoms with van der Waals surface area (Å²) in [6, 6.07) is 8.97. The molecule has 1 saturated carbocycles. The Kier molecular flexibility index (Phi) is 3.06. The van der Waals surface area contributed by atoms with Gasteiger partial charge in [0.05, 0.1) is 0 Å². The molecule has 2 aliphatic rings. The van der Waals surface area contributed by atoms with Crippen LogP contribution < -0.4 is 10.1 Å². The highest BCUT2D eigenvalue weighted by atomic mass is 16.5. The first-order valence-electron chi connectivity index (χ1n) is 7.24. The molecule has 2 heteroatoms. The predicted octanol–water partition coefficient (Wildman–Crippen LogP) is 3.68. The van der Waals surface area contributed by atoms with Gasteiger partial charge in [-0.2, -0.15) is 0 Å². The maximum Gasteiger partial charge on any atom is 0.124 e. The van der Waals surface area contributed by atoms with Gasteiger partial charge in [-0.25, -0.2) is 0 Å². The lowest BCUT2D eigenvalue weighted by molar-refractivity contribution is 0.0269. The number of nitrogens with one attached hydrogen (secondary N) is 1. The third-order valence-electron chi connectivity index (χ3n) is 4.33. The number of hydrogen-bond donors (Lipinski definition) is 1. The Bertz CT molecular complexity index is 427. The molecule has 2 nitrogen and oxygen atoms in total. The van der Waals surface area contributed by atoms with Crippen LogP contribution in [-0.2, 0) is 0 Å². The fraction of sp³-hybridized carbons (Fsp3) is 0.625. The zero-order valence-corrected chi connectivity index (χ0v) is 11.4. The van der Waals surface area contributed by atoms with Crippen molar-refractivity contribution in [1.82, 2.24) is 5.32 Å². The first kappa shape index (κ1) is 12.0. The van der Waals surface area contributed by atoms with Crippen LogP contribution in [0.15, 0.2) is 24.3 Å². The Hall–Kier alpha value is -1.02. The van der Waals surface area contributed by atoms with E-state index in [0.29, 0.717) is 6.04 Å². The largest absolute Gasteiger partial charge is 0.487 e. The second-order valence-corrected chi connectivity index (χ2v) is 5.94. The van der Waals surface area contributed by atoms with Crippen LogP contribution in [0.1, 0.15) is 51.1 Å². The van der Waals surface area contributed by atoms with Crippen molar-refractivity contribution < 1.29 is 4.74 Å². The van der Waals surface area contributed by atoms with Crippen molar-refractivity contribution in [2.24, 2.45) is 5.92 Å². The van der Waals surface area contributed by atoms with E-state index >= 15 is 0 Å². The quantitative estimate of drug-likeness (QED) is 0.873. The minimum Gasteiger partial charge on any atom is -0.487 e. The molecule has 1 fully saturated rings. The molecule has 1 aliphatic heterocycles. The smallest absolute Gasteiger partial charge is 0.124 e. The van der Waals surface area contributed by atoms with Gasteiger partial charge in [-0.3, -0.25) is 0 Å². The third kappa shape index (κ3) is 2.14. The maximum atomic E-state index is 6.31. The highest BCUT2D eigenvalue weighted by Crippen LogP contribution is 2.50. The van der Waals surface area contributed by atoms with Crippen LogP contribution in [0.25, 0.3) is 0 Å². The van der Waals surface area contributed by atoms with Gasteiger partial charge in [0.2, 0.25) is 0 Å². The molecule has 2 atom stereocenters. The molecular weight excluding hydrogens is 222 g/mol. The summed E-state index contributed by atoms with van der Waals surface area (Å²) in [6.45, 7) is 5.60. The van der Waals surface area contributed by atoms with Crippen molar-refractivity contribution in [2.45, 2.75) is 51.2 Å². The zero-order chi connectivity index (χ0) is 12.6. The van der Waals surface area contributed by atoms with Crippen LogP contribution in [-0.4, -0.2) is 12.1 Å². The molecule has 0 radical (unpaired) electrons. The summed E-state index contributed by atoms with van der Waals surface area (Å²) >= 11 is 0. The fourth-order valence-corrected chi connectivity index (χ4v) is 3.11. The SMILES string of the molecule is CCCNC1CC(C)(C2CC2)Oc2ccccc21. The first-order valence-corrected chi connectivity index (χ1v) is 7.24. The van der Waals surface area contributed by atoms with Crippen LogP contribution in [0.2, 0.25) is 0 Å². The number of para-hydroxylation sites is 1. The maximum absolute atomic E-state index is 6.31. The van der Waals surface area contributed by atoms with Crippen molar-refractivity contribution in [2.75, 3.05) is 6.54 Å². The van der Waals surface area contributed by atoms with Gasteiger partial charge in [0.1, 0.15) is 11.4 Å². The van der Waals surface area contributed by atoms with Crippen molar-refractivity contribution in [1.29, 1.82) is 0 Å². The number of benzene rings is 1. The summed E-state index contributed by atoms with van der Waals surface area (Å²) in [5, 5.41) is 3.69. The Morgan fingerprint density at radius 3 is 2.83 bits per heavy atom. The Labute approximate surface area is 110 Å². The summed E-state index contributed by atoms with van der Waals surface area (Å²) in [5.41, 5.74) is 1.38. The average molecular weight is 245 g/mol. The number of rotatable bonds is 4. The molecule has 0 aromatic heterocycles. The van der Waals surface area contributed by atoms with Crippen LogP contribution in [0, 0.1) is 5.92 Å². The molecule has 1 aromatic rings. The molecule has 1 heterocycles. The third-order valence-corrected chi connectivity index (χ3v) is 4.33. The Morgan fingerprint density at radius 2 is 2.11 bits per heavy atom. The standard InChI is InChI=1S/C16H23NO/c1-3-10-17-14-11-16(2,12-8-9-12)18-15-7-5-4-6-13(14)15/h4-7,12,14,17H,3,8-11H2,1-2H3. The van der Waals surface area contributed by atoms with E-state index < -0.39 is 0 Å². The van der Waals surface area contributed by atoms with Gasteiger partial charge in [-0.05, 0) is 44.7 Å². The van der Waals surface area contributed by atoms with E-state index in [4.69, 9.17) is 4.74 Å². The van der Waals surface area contributed by atoms with Crippen LogP contribution in [0.3, 0.4) is 0 Å². The van der Waals surface area contributed by atoms with Gasteiger partial charge < -0.3 is 10.1 Å². The van der Waals surface area contributed by atoms with E-state index in [0.717, 1.165) is 24.6 Å². The van der Waals surface area contributed by atoms with Gasteiger partial charge in [-0.1, -0.05) is 25.1 Å². The molecule has 18 heavy (non-hydrogen) atoms. The van der Waals surface area contributed by atoms with Crippen LogP contribution in [0.4, 0.5) is 0 Å². The van der Waals surface area contributed by atoms with E-state index in [1.807, 2.05) is 0 Å². The highest BCUT2D eigenvalue weighted by Gasteiger charge is 2.47. The predicted molar refractivity (Wildman–Crippen MR) is 73.9 cm³/mol. The fourth-order valence-electron chi connectivity index (χ4n) is 3.11. The number of ether oxygens (including phenoxy) is 1. The van der Waals surface area contributed by atoms with E-state index in [-0.39, 0.29) is 5.60 Å². The van der Waals surface area contributed by atoms with Crippen molar-refractivity contribution in [3.63, 3.8) is 0 Å². The molecular formula is C16H23NO. The Morgan fingerprint density at radius 1 is 1.33 bits per heavy atom. The van der Waals surface area contributed by atoms with Gasteiger partial charge >= 0.3 is 0 Å². The summed E-state index contributed by atoms with van der Waals surface area (Å²) < 4.78 is 6.31. The van der Waals surface area contributed by atoms with Crippen LogP contribution in [0.5, 0.6) is 5.75 Å². The highest BCUT2D eigenvalue weighted by molar-refractivity contribution is 5.39. The summed E-state index contributed by atoms with van der Waals surface area (Å²) in [5.74, 6) is 1.85. The lowest BCUT2D eigenvalue weighted by Crippen LogP contribution is -2.43. The van der Waals surface area contributed by atoms with E-state index in [1.165, 1.54) is 24.8 Å². The van der Waals surface area contributed by atoms with Crippen LogP contribution >= 0.6 is 0 Å². The molecule has 0 amide bonds. The second-order valence-electron chi connectivity index (χ2n) is 5.94. The minimum absolute atomic E-state index is 0.0414. The van der Waals surface area contributed by atoms with E-state index in [1.54, 1.807) is 0 Å². The number of fused-ring (bicyclic) bond motifs is 1. The summed E-state index contributed by atoms with van der Waals surface area (Å²) in [6.07, 6.45) is 4.95. The molecule has 1 N–H and O–H groups in total. The monoisotopic (exact) mass is 245 g/mol. The zero-order valence-electron chi connectivity index (χ0n) is 11.4. The normalized spacial score (nSPS) is 30.7. The van der Waals surface area contributed by atoms with Gasteiger partial charge in [0, 0.05) is 18.0 Å². The van der Waals surface area contributed by atoms with Gasteiger partial charge in [0.25, 0.3) is 0 Å². The molecule has 1 aromatic carbocycles. The Balaban J connectivity index is 1.88. The molecule has 0 spiro atoms. The van der Waals surface area contributed by atoms with Gasteiger partial charge in [0.15, 0.2) is 0 Å². The summed E-state index contributed by atoms with van der Waals surface area (Å²) in [7, 11) is 0. The van der Waals surface area contributed by atoms with E-state index in [9.17, 15) is 0 Å².